The normalized spacial score (nSPS) is 26.7. The van der Waals surface area contributed by atoms with E-state index in [-0.39, 0.29) is 29.4 Å². The molecule has 0 spiro atoms. The van der Waals surface area contributed by atoms with Gasteiger partial charge in [-0.05, 0) is 24.7 Å². The molecule has 4 nitrogen and oxygen atoms in total. The second kappa shape index (κ2) is 4.95. The summed E-state index contributed by atoms with van der Waals surface area (Å²) in [6, 6.07) is 5.73. The zero-order valence-electron chi connectivity index (χ0n) is 10.2. The maximum atomic E-state index is 13.1. The summed E-state index contributed by atoms with van der Waals surface area (Å²) in [7, 11) is -1.22. The van der Waals surface area contributed by atoms with Crippen LogP contribution in [-0.2, 0) is 16.4 Å². The third-order valence-electron chi connectivity index (χ3n) is 3.25. The smallest absolute Gasteiger partial charge is 0.153 e. The van der Waals surface area contributed by atoms with E-state index in [1.807, 2.05) is 18.0 Å². The van der Waals surface area contributed by atoms with Crippen LogP contribution in [0.2, 0.25) is 0 Å². The summed E-state index contributed by atoms with van der Waals surface area (Å²) in [5.74, 6) is -0.172. The summed E-state index contributed by atoms with van der Waals surface area (Å²) in [4.78, 5) is 1.88. The highest BCUT2D eigenvalue weighted by Crippen LogP contribution is 2.18. The van der Waals surface area contributed by atoms with Gasteiger partial charge in [0.25, 0.3) is 0 Å². The highest BCUT2D eigenvalue weighted by atomic mass is 32.2. The zero-order valence-corrected chi connectivity index (χ0v) is 11.0. The number of hydrogen-bond donors (Lipinski definition) is 1. The molecule has 100 valence electrons. The van der Waals surface area contributed by atoms with Gasteiger partial charge >= 0.3 is 0 Å². The van der Waals surface area contributed by atoms with Gasteiger partial charge in [-0.1, -0.05) is 12.1 Å². The molecular formula is C12H17FN2O2S. The predicted molar refractivity (Wildman–Crippen MR) is 68.3 cm³/mol. The van der Waals surface area contributed by atoms with E-state index in [0.29, 0.717) is 6.54 Å². The Bertz CT molecular complexity index is 533. The largest absolute Gasteiger partial charge is 0.325 e. The third-order valence-corrected chi connectivity index (χ3v) is 4.99. The SMILES string of the molecule is CN(Cc1cccc(F)c1)C1CS(=O)(=O)CC1N. The van der Waals surface area contributed by atoms with E-state index in [1.54, 1.807) is 6.07 Å². The van der Waals surface area contributed by atoms with E-state index < -0.39 is 9.84 Å². The minimum Gasteiger partial charge on any atom is -0.325 e. The number of sulfone groups is 1. The van der Waals surface area contributed by atoms with E-state index >= 15 is 0 Å². The first-order valence-corrected chi connectivity index (χ1v) is 7.60. The van der Waals surface area contributed by atoms with E-state index in [0.717, 1.165) is 5.56 Å². The Balaban J connectivity index is 2.07. The van der Waals surface area contributed by atoms with Crippen LogP contribution in [-0.4, -0.2) is 44.0 Å². The standard InChI is InChI=1S/C12H17FN2O2S/c1-15(6-9-3-2-4-10(13)5-9)12-8-18(16,17)7-11(12)14/h2-5,11-12H,6-8,14H2,1H3. The van der Waals surface area contributed by atoms with Gasteiger partial charge < -0.3 is 5.73 Å². The molecule has 2 rings (SSSR count). The number of likely N-dealkylation sites (N-methyl/N-ethyl adjacent to an activating group) is 1. The third kappa shape index (κ3) is 3.07. The van der Waals surface area contributed by atoms with Gasteiger partial charge in [0.1, 0.15) is 5.82 Å². The Morgan fingerprint density at radius 2 is 2.17 bits per heavy atom. The highest BCUT2D eigenvalue weighted by molar-refractivity contribution is 7.91. The summed E-state index contributed by atoms with van der Waals surface area (Å²) >= 11 is 0. The number of benzene rings is 1. The van der Waals surface area contributed by atoms with Gasteiger partial charge in [-0.25, -0.2) is 12.8 Å². The average Bonchev–Trinajstić information content (AvgIpc) is 2.52. The van der Waals surface area contributed by atoms with Crippen LogP contribution in [0.3, 0.4) is 0 Å². The summed E-state index contributed by atoms with van der Waals surface area (Å²) in [6.45, 7) is 0.492. The molecule has 1 aliphatic heterocycles. The number of nitrogens with zero attached hydrogens (tertiary/aromatic N) is 1. The second-order valence-corrected chi connectivity index (χ2v) is 7.01. The fourth-order valence-corrected chi connectivity index (χ4v) is 4.32. The maximum absolute atomic E-state index is 13.1. The van der Waals surface area contributed by atoms with Crippen LogP contribution >= 0.6 is 0 Å². The van der Waals surface area contributed by atoms with Crippen molar-refractivity contribution in [2.45, 2.75) is 18.6 Å². The molecule has 1 heterocycles. The molecule has 1 fully saturated rings. The molecule has 0 aromatic heterocycles. The lowest BCUT2D eigenvalue weighted by Crippen LogP contribution is -2.44. The average molecular weight is 272 g/mol. The molecule has 0 saturated carbocycles. The Labute approximate surface area is 107 Å². The van der Waals surface area contributed by atoms with E-state index in [4.69, 9.17) is 5.73 Å². The molecule has 18 heavy (non-hydrogen) atoms. The van der Waals surface area contributed by atoms with Crippen LogP contribution in [0.1, 0.15) is 5.56 Å². The van der Waals surface area contributed by atoms with Crippen LogP contribution in [0.4, 0.5) is 4.39 Å². The van der Waals surface area contributed by atoms with Crippen molar-refractivity contribution in [2.75, 3.05) is 18.6 Å². The maximum Gasteiger partial charge on any atom is 0.153 e. The molecule has 1 saturated heterocycles. The topological polar surface area (TPSA) is 63.4 Å². The lowest BCUT2D eigenvalue weighted by Gasteiger charge is -2.26. The van der Waals surface area contributed by atoms with Crippen molar-refractivity contribution in [1.82, 2.24) is 4.90 Å². The molecule has 0 bridgehead atoms. The molecule has 0 aliphatic carbocycles. The molecule has 2 N–H and O–H groups in total. The number of halogens is 1. The van der Waals surface area contributed by atoms with Crippen molar-refractivity contribution in [3.63, 3.8) is 0 Å². The number of nitrogens with two attached hydrogens (primary N) is 1. The van der Waals surface area contributed by atoms with Crippen LogP contribution in [0.25, 0.3) is 0 Å². The van der Waals surface area contributed by atoms with Crippen LogP contribution in [0, 0.1) is 5.82 Å². The van der Waals surface area contributed by atoms with Crippen molar-refractivity contribution in [1.29, 1.82) is 0 Å². The van der Waals surface area contributed by atoms with Crippen molar-refractivity contribution in [3.8, 4) is 0 Å². The van der Waals surface area contributed by atoms with Crippen molar-refractivity contribution < 1.29 is 12.8 Å². The Kier molecular flexibility index (Phi) is 3.70. The monoisotopic (exact) mass is 272 g/mol. The molecule has 2 unspecified atom stereocenters. The fourth-order valence-electron chi connectivity index (χ4n) is 2.35. The van der Waals surface area contributed by atoms with Gasteiger partial charge in [0.15, 0.2) is 9.84 Å². The van der Waals surface area contributed by atoms with Crippen LogP contribution < -0.4 is 5.73 Å². The van der Waals surface area contributed by atoms with Crippen molar-refractivity contribution in [3.05, 3.63) is 35.6 Å². The minimum atomic E-state index is -3.03. The van der Waals surface area contributed by atoms with Crippen LogP contribution in [0.5, 0.6) is 0 Å². The summed E-state index contributed by atoms with van der Waals surface area (Å²) < 4.78 is 36.0. The van der Waals surface area contributed by atoms with Crippen molar-refractivity contribution in [2.24, 2.45) is 5.73 Å². The van der Waals surface area contributed by atoms with Gasteiger partial charge in [-0.3, -0.25) is 4.90 Å². The fraction of sp³-hybridized carbons (Fsp3) is 0.500. The van der Waals surface area contributed by atoms with Crippen molar-refractivity contribution >= 4 is 9.84 Å². The molecule has 0 amide bonds. The van der Waals surface area contributed by atoms with Crippen LogP contribution in [0.15, 0.2) is 24.3 Å². The first kappa shape index (κ1) is 13.5. The summed E-state index contributed by atoms with van der Waals surface area (Å²) in [6.07, 6.45) is 0. The van der Waals surface area contributed by atoms with Gasteiger partial charge in [0.2, 0.25) is 0 Å². The van der Waals surface area contributed by atoms with Gasteiger partial charge in [0.05, 0.1) is 11.5 Å². The van der Waals surface area contributed by atoms with Gasteiger partial charge in [-0.2, -0.15) is 0 Å². The first-order valence-electron chi connectivity index (χ1n) is 5.78. The lowest BCUT2D eigenvalue weighted by atomic mass is 10.1. The van der Waals surface area contributed by atoms with Gasteiger partial charge in [-0.15, -0.1) is 0 Å². The second-order valence-electron chi connectivity index (χ2n) is 4.85. The molecule has 2 atom stereocenters. The van der Waals surface area contributed by atoms with E-state index in [2.05, 4.69) is 0 Å². The molecule has 1 aromatic rings. The number of rotatable bonds is 3. The molecule has 0 radical (unpaired) electrons. The summed E-state index contributed by atoms with van der Waals surface area (Å²) in [5.41, 5.74) is 6.66. The quantitative estimate of drug-likeness (QED) is 0.864. The van der Waals surface area contributed by atoms with E-state index in [9.17, 15) is 12.8 Å². The molecule has 1 aromatic carbocycles. The summed E-state index contributed by atoms with van der Waals surface area (Å²) in [5, 5.41) is 0. The number of hydrogen-bond acceptors (Lipinski definition) is 4. The zero-order chi connectivity index (χ0) is 13.3. The Hall–Kier alpha value is -0.980. The predicted octanol–water partition coefficient (Wildman–Crippen LogP) is 0.382. The van der Waals surface area contributed by atoms with Gasteiger partial charge in [0, 0.05) is 18.6 Å². The first-order chi connectivity index (χ1) is 8.37. The highest BCUT2D eigenvalue weighted by Gasteiger charge is 2.37. The minimum absolute atomic E-state index is 0.0329. The molecule has 1 aliphatic rings. The lowest BCUT2D eigenvalue weighted by molar-refractivity contribution is 0.236. The Morgan fingerprint density at radius 1 is 1.44 bits per heavy atom. The molecule has 6 heteroatoms. The van der Waals surface area contributed by atoms with E-state index in [1.165, 1.54) is 12.1 Å². The molecular weight excluding hydrogens is 255 g/mol. The Morgan fingerprint density at radius 3 is 2.72 bits per heavy atom.